The highest BCUT2D eigenvalue weighted by molar-refractivity contribution is 14.1. The lowest BCUT2D eigenvalue weighted by molar-refractivity contribution is 1.10. The Morgan fingerprint density at radius 2 is 1.52 bits per heavy atom. The number of nitrogens with zero attached hydrogens (tertiary/aromatic N) is 4. The molecule has 0 saturated carbocycles. The van der Waals surface area contributed by atoms with Crippen LogP contribution >= 0.6 is 68.5 Å². The largest absolute Gasteiger partial charge is 0.232 e. The maximum atomic E-state index is 5.93. The number of fused-ring (bicyclic) bond motifs is 2. The van der Waals surface area contributed by atoms with Crippen LogP contribution in [0.4, 0.5) is 0 Å². The van der Waals surface area contributed by atoms with Crippen molar-refractivity contribution in [3.63, 3.8) is 0 Å². The number of rotatable bonds is 0. The molecule has 0 atom stereocenters. The molecule has 0 radical (unpaired) electrons. The van der Waals surface area contributed by atoms with Crippen LogP contribution in [-0.4, -0.2) is 19.9 Å². The molecule has 4 aromatic rings. The van der Waals surface area contributed by atoms with E-state index < -0.39 is 0 Å². The van der Waals surface area contributed by atoms with E-state index in [2.05, 4.69) is 42.5 Å². The molecule has 0 aliphatic heterocycles. The van der Waals surface area contributed by atoms with E-state index >= 15 is 0 Å². The van der Waals surface area contributed by atoms with E-state index in [-0.39, 0.29) is 0 Å². The first kappa shape index (κ1) is 17.2. The minimum Gasteiger partial charge on any atom is -0.232 e. The maximum absolute atomic E-state index is 5.93. The van der Waals surface area contributed by atoms with Crippen LogP contribution in [0, 0.1) is 16.7 Å². The van der Waals surface area contributed by atoms with Gasteiger partial charge in [0.1, 0.15) is 11.6 Å². The van der Waals surface area contributed by atoms with Gasteiger partial charge in [-0.15, -0.1) is 22.7 Å². The summed E-state index contributed by atoms with van der Waals surface area (Å²) in [5.41, 5.74) is 1.88. The Morgan fingerprint density at radius 1 is 0.913 bits per heavy atom. The first-order valence-electron chi connectivity index (χ1n) is 6.40. The molecule has 0 saturated heterocycles. The fraction of sp³-hybridized carbons (Fsp3) is 0.143. The molecule has 4 heterocycles. The molecule has 0 N–H and O–H groups in total. The molecular weight excluding hydrogens is 486 g/mol. The Hall–Kier alpha value is -0.610. The third kappa shape index (κ3) is 3.90. The van der Waals surface area contributed by atoms with E-state index in [1.807, 2.05) is 31.4 Å². The summed E-state index contributed by atoms with van der Waals surface area (Å²) in [4.78, 5) is 16.6. The Balaban J connectivity index is 0.000000136. The van der Waals surface area contributed by atoms with Crippen LogP contribution in [0.1, 0.15) is 11.6 Å². The van der Waals surface area contributed by atoms with Crippen molar-refractivity contribution in [2.75, 3.05) is 0 Å². The average molecular weight is 495 g/mol. The second-order valence-corrected chi connectivity index (χ2v) is 9.10. The van der Waals surface area contributed by atoms with Gasteiger partial charge < -0.3 is 0 Å². The summed E-state index contributed by atoms with van der Waals surface area (Å²) < 4.78 is 3.13. The Morgan fingerprint density at radius 3 is 2.22 bits per heavy atom. The van der Waals surface area contributed by atoms with E-state index in [0.29, 0.717) is 10.3 Å². The van der Waals surface area contributed by atoms with Gasteiger partial charge in [0.2, 0.25) is 0 Å². The number of aryl methyl sites for hydroxylation is 2. The van der Waals surface area contributed by atoms with E-state index in [9.17, 15) is 0 Å². The van der Waals surface area contributed by atoms with Gasteiger partial charge in [-0.1, -0.05) is 23.2 Å². The number of hydrogen-bond donors (Lipinski definition) is 0. The van der Waals surface area contributed by atoms with Crippen LogP contribution in [0.5, 0.6) is 0 Å². The van der Waals surface area contributed by atoms with E-state index in [1.165, 1.54) is 2.88 Å². The molecule has 0 spiro atoms. The van der Waals surface area contributed by atoms with Gasteiger partial charge in [-0.2, -0.15) is 0 Å². The fourth-order valence-corrected chi connectivity index (χ4v) is 4.97. The van der Waals surface area contributed by atoms with Gasteiger partial charge in [-0.25, -0.2) is 19.9 Å². The van der Waals surface area contributed by atoms with E-state index in [4.69, 9.17) is 23.2 Å². The van der Waals surface area contributed by atoms with Crippen molar-refractivity contribution in [1.82, 2.24) is 19.9 Å². The van der Waals surface area contributed by atoms with Gasteiger partial charge in [0.25, 0.3) is 0 Å². The second kappa shape index (κ2) is 7.10. The molecule has 0 aliphatic rings. The molecule has 0 aromatic carbocycles. The zero-order chi connectivity index (χ0) is 16.6. The third-order valence-corrected chi connectivity index (χ3v) is 6.36. The highest BCUT2D eigenvalue weighted by Crippen LogP contribution is 2.30. The summed E-state index contributed by atoms with van der Waals surface area (Å²) in [6.45, 7) is 3.68. The lowest BCUT2D eigenvalue weighted by Crippen LogP contribution is -1.86. The maximum Gasteiger partial charge on any atom is 0.150 e. The van der Waals surface area contributed by atoms with Crippen molar-refractivity contribution in [2.45, 2.75) is 13.8 Å². The van der Waals surface area contributed by atoms with Crippen LogP contribution in [0.3, 0.4) is 0 Å². The van der Waals surface area contributed by atoms with Crippen molar-refractivity contribution in [3.05, 3.63) is 42.4 Å². The second-order valence-electron chi connectivity index (χ2n) is 4.52. The van der Waals surface area contributed by atoms with Crippen LogP contribution in [-0.2, 0) is 0 Å². The molecule has 23 heavy (non-hydrogen) atoms. The quantitative estimate of drug-likeness (QED) is 0.225. The standard InChI is InChI=1S/C7H4ClIN2S.C7H5ClN2S/c1-3-10-4-2-5(9)12-6(4)7(8)11-3;1-4-9-5-2-3-11-6(5)7(8)10-4/h2H,1H3;2-3H,1H3. The van der Waals surface area contributed by atoms with Gasteiger partial charge in [-0.05, 0) is 54.0 Å². The first-order valence-corrected chi connectivity index (χ1v) is 9.93. The summed E-state index contributed by atoms with van der Waals surface area (Å²) in [6.07, 6.45) is 0. The molecule has 4 rings (SSSR count). The predicted molar refractivity (Wildman–Crippen MR) is 107 cm³/mol. The molecule has 118 valence electrons. The van der Waals surface area contributed by atoms with Crippen molar-refractivity contribution < 1.29 is 0 Å². The third-order valence-electron chi connectivity index (χ3n) is 2.79. The number of hydrogen-bond acceptors (Lipinski definition) is 6. The Kier molecular flexibility index (Phi) is 5.32. The monoisotopic (exact) mass is 494 g/mol. The minimum atomic E-state index is 0.558. The molecule has 0 amide bonds. The molecule has 9 heteroatoms. The summed E-state index contributed by atoms with van der Waals surface area (Å²) in [7, 11) is 0. The molecule has 4 nitrogen and oxygen atoms in total. The minimum absolute atomic E-state index is 0.558. The van der Waals surface area contributed by atoms with Gasteiger partial charge in [0.05, 0.1) is 23.3 Å². The van der Waals surface area contributed by atoms with E-state index in [0.717, 1.165) is 32.1 Å². The number of aromatic nitrogens is 4. The van der Waals surface area contributed by atoms with Gasteiger partial charge >= 0.3 is 0 Å². The lowest BCUT2D eigenvalue weighted by Gasteiger charge is -1.93. The van der Waals surface area contributed by atoms with Crippen molar-refractivity contribution in [1.29, 1.82) is 0 Å². The van der Waals surface area contributed by atoms with Crippen LogP contribution in [0.2, 0.25) is 10.3 Å². The number of thiophene rings is 2. The summed E-state index contributed by atoms with van der Waals surface area (Å²) in [6, 6.07) is 3.96. The fourth-order valence-electron chi connectivity index (χ4n) is 1.91. The normalized spacial score (nSPS) is 10.8. The molecule has 0 fully saturated rings. The van der Waals surface area contributed by atoms with Crippen LogP contribution in [0.25, 0.3) is 20.4 Å². The molecule has 4 aromatic heterocycles. The average Bonchev–Trinajstić information content (AvgIpc) is 3.05. The SMILES string of the molecule is Cc1nc(Cl)c2sc(I)cc2n1.Cc1nc(Cl)c2sccc2n1. The lowest BCUT2D eigenvalue weighted by atomic mass is 10.5. The zero-order valence-corrected chi connectivity index (χ0v) is 17.3. The Bertz CT molecular complexity index is 999. The van der Waals surface area contributed by atoms with Crippen molar-refractivity contribution in [2.24, 2.45) is 0 Å². The van der Waals surface area contributed by atoms with Crippen LogP contribution < -0.4 is 0 Å². The first-order chi connectivity index (χ1) is 10.9. The predicted octanol–water partition coefficient (Wildman–Crippen LogP) is 5.91. The summed E-state index contributed by atoms with van der Waals surface area (Å²) in [5, 5.41) is 3.08. The summed E-state index contributed by atoms with van der Waals surface area (Å²) in [5.74, 6) is 1.45. The smallest absolute Gasteiger partial charge is 0.150 e. The van der Waals surface area contributed by atoms with Crippen molar-refractivity contribution in [3.8, 4) is 0 Å². The zero-order valence-electron chi connectivity index (χ0n) is 12.0. The van der Waals surface area contributed by atoms with Gasteiger partial charge in [0.15, 0.2) is 10.3 Å². The molecule has 0 aliphatic carbocycles. The number of halogens is 3. The topological polar surface area (TPSA) is 51.6 Å². The highest BCUT2D eigenvalue weighted by Gasteiger charge is 2.06. The van der Waals surface area contributed by atoms with E-state index in [1.54, 1.807) is 22.7 Å². The molecule has 0 unspecified atom stereocenters. The molecular formula is C14H9Cl2IN4S2. The molecule has 0 bridgehead atoms. The summed E-state index contributed by atoms with van der Waals surface area (Å²) >= 11 is 17.2. The van der Waals surface area contributed by atoms with Gasteiger partial charge in [-0.3, -0.25) is 0 Å². The highest BCUT2D eigenvalue weighted by atomic mass is 127. The van der Waals surface area contributed by atoms with Crippen LogP contribution in [0.15, 0.2) is 17.5 Å². The Labute approximate surface area is 164 Å². The van der Waals surface area contributed by atoms with Gasteiger partial charge in [0, 0.05) is 0 Å². The van der Waals surface area contributed by atoms with Crippen molar-refractivity contribution >= 4 is 88.9 Å².